The Morgan fingerprint density at radius 2 is 1.94 bits per heavy atom. The van der Waals surface area contributed by atoms with E-state index in [1.165, 1.54) is 0 Å². The van der Waals surface area contributed by atoms with Crippen molar-refractivity contribution in [2.75, 3.05) is 19.8 Å². The maximum Gasteiger partial charge on any atom is 0.338 e. The van der Waals surface area contributed by atoms with Crippen LogP contribution in [0.3, 0.4) is 0 Å². The van der Waals surface area contributed by atoms with Crippen LogP contribution in [0.4, 0.5) is 0 Å². The van der Waals surface area contributed by atoms with Gasteiger partial charge < -0.3 is 15.2 Å². The number of carbonyl (C=O) groups excluding carboxylic acids is 1. The molecule has 1 aromatic carbocycles. The fourth-order valence-electron chi connectivity index (χ4n) is 1.29. The first-order valence-corrected chi connectivity index (χ1v) is 5.81. The summed E-state index contributed by atoms with van der Waals surface area (Å²) in [7, 11) is 0. The lowest BCUT2D eigenvalue weighted by Crippen LogP contribution is -2.08. The third kappa shape index (κ3) is 4.97. The Balaban J connectivity index is 2.46. The Morgan fingerprint density at radius 1 is 1.24 bits per heavy atom. The van der Waals surface area contributed by atoms with E-state index < -0.39 is 0 Å². The van der Waals surface area contributed by atoms with Gasteiger partial charge in [-0.1, -0.05) is 19.1 Å². The Labute approximate surface area is 102 Å². The highest BCUT2D eigenvalue weighted by Crippen LogP contribution is 2.07. The van der Waals surface area contributed by atoms with Crippen molar-refractivity contribution >= 4 is 5.97 Å². The van der Waals surface area contributed by atoms with E-state index in [-0.39, 0.29) is 5.97 Å². The molecule has 17 heavy (non-hydrogen) atoms. The molecule has 0 radical (unpaired) electrons. The lowest BCUT2D eigenvalue weighted by atomic mass is 10.1. The predicted molar refractivity (Wildman–Crippen MR) is 65.7 cm³/mol. The number of ether oxygens (including phenoxy) is 2. The minimum absolute atomic E-state index is 0.277. The van der Waals surface area contributed by atoms with Crippen LogP contribution in [0.5, 0.6) is 0 Å². The highest BCUT2D eigenvalue weighted by molar-refractivity contribution is 5.89. The molecule has 0 atom stereocenters. The van der Waals surface area contributed by atoms with E-state index in [1.54, 1.807) is 12.1 Å². The first kappa shape index (κ1) is 13.7. The summed E-state index contributed by atoms with van der Waals surface area (Å²) in [4.78, 5) is 11.5. The third-order valence-corrected chi connectivity index (χ3v) is 2.16. The van der Waals surface area contributed by atoms with Gasteiger partial charge in [-0.3, -0.25) is 0 Å². The smallest absolute Gasteiger partial charge is 0.338 e. The van der Waals surface area contributed by atoms with Crippen molar-refractivity contribution in [3.05, 3.63) is 35.4 Å². The lowest BCUT2D eigenvalue weighted by Gasteiger charge is -2.05. The van der Waals surface area contributed by atoms with Crippen molar-refractivity contribution in [2.45, 2.75) is 20.0 Å². The number of esters is 1. The number of nitrogens with two attached hydrogens (primary N) is 1. The SMILES string of the molecule is CCCOC(=O)c1ccc(COCCN)cc1. The second-order valence-electron chi connectivity index (χ2n) is 3.67. The molecule has 0 unspecified atom stereocenters. The van der Waals surface area contributed by atoms with Gasteiger partial charge in [0.05, 0.1) is 25.4 Å². The Morgan fingerprint density at radius 3 is 2.53 bits per heavy atom. The van der Waals surface area contributed by atoms with Crippen molar-refractivity contribution in [3.8, 4) is 0 Å². The average Bonchev–Trinajstić information content (AvgIpc) is 2.37. The maximum absolute atomic E-state index is 11.5. The van der Waals surface area contributed by atoms with Crippen LogP contribution >= 0.6 is 0 Å². The van der Waals surface area contributed by atoms with Crippen molar-refractivity contribution in [2.24, 2.45) is 5.73 Å². The van der Waals surface area contributed by atoms with Gasteiger partial charge in [-0.2, -0.15) is 0 Å². The molecular weight excluding hydrogens is 218 g/mol. The molecule has 0 aromatic heterocycles. The highest BCUT2D eigenvalue weighted by atomic mass is 16.5. The molecule has 2 N–H and O–H groups in total. The van der Waals surface area contributed by atoms with Crippen LogP contribution in [0.25, 0.3) is 0 Å². The largest absolute Gasteiger partial charge is 0.462 e. The Bertz CT molecular complexity index is 335. The van der Waals surface area contributed by atoms with Crippen LogP contribution in [0.2, 0.25) is 0 Å². The quantitative estimate of drug-likeness (QED) is 0.579. The van der Waals surface area contributed by atoms with Gasteiger partial charge in [0, 0.05) is 6.54 Å². The minimum Gasteiger partial charge on any atom is -0.462 e. The van der Waals surface area contributed by atoms with Gasteiger partial charge in [0.25, 0.3) is 0 Å². The van der Waals surface area contributed by atoms with E-state index in [4.69, 9.17) is 15.2 Å². The van der Waals surface area contributed by atoms with Gasteiger partial charge in [0.2, 0.25) is 0 Å². The molecule has 4 nitrogen and oxygen atoms in total. The van der Waals surface area contributed by atoms with Crippen LogP contribution in [-0.4, -0.2) is 25.7 Å². The first-order valence-electron chi connectivity index (χ1n) is 5.81. The molecule has 0 heterocycles. The highest BCUT2D eigenvalue weighted by Gasteiger charge is 2.05. The summed E-state index contributed by atoms with van der Waals surface area (Å²) in [6.07, 6.45) is 0.830. The molecule has 0 aliphatic carbocycles. The number of benzene rings is 1. The van der Waals surface area contributed by atoms with Crippen LogP contribution in [0, 0.1) is 0 Å². The Hall–Kier alpha value is -1.39. The van der Waals surface area contributed by atoms with E-state index in [0.717, 1.165) is 12.0 Å². The van der Waals surface area contributed by atoms with Gasteiger partial charge in [-0.15, -0.1) is 0 Å². The Kier molecular flexibility index (Phi) is 6.29. The minimum atomic E-state index is -0.277. The van der Waals surface area contributed by atoms with Crippen molar-refractivity contribution in [3.63, 3.8) is 0 Å². The van der Waals surface area contributed by atoms with Crippen molar-refractivity contribution in [1.82, 2.24) is 0 Å². The molecule has 0 amide bonds. The van der Waals surface area contributed by atoms with Crippen molar-refractivity contribution in [1.29, 1.82) is 0 Å². The van der Waals surface area contributed by atoms with Crippen LogP contribution in [-0.2, 0) is 16.1 Å². The molecule has 0 aliphatic rings. The molecule has 0 aliphatic heterocycles. The van der Waals surface area contributed by atoms with E-state index in [2.05, 4.69) is 0 Å². The summed E-state index contributed by atoms with van der Waals surface area (Å²) in [6, 6.07) is 7.22. The average molecular weight is 237 g/mol. The van der Waals surface area contributed by atoms with Crippen LogP contribution < -0.4 is 5.73 Å². The standard InChI is InChI=1S/C13H19NO3/c1-2-8-17-13(15)12-5-3-11(4-6-12)10-16-9-7-14/h3-6H,2,7-10,14H2,1H3. The molecular formula is C13H19NO3. The number of hydrogen-bond acceptors (Lipinski definition) is 4. The fourth-order valence-corrected chi connectivity index (χ4v) is 1.29. The molecule has 94 valence electrons. The zero-order chi connectivity index (χ0) is 12.5. The molecule has 4 heteroatoms. The summed E-state index contributed by atoms with van der Waals surface area (Å²) in [5.41, 5.74) is 6.91. The molecule has 0 fully saturated rings. The van der Waals surface area contributed by atoms with E-state index in [0.29, 0.717) is 31.9 Å². The van der Waals surface area contributed by atoms with Crippen molar-refractivity contribution < 1.29 is 14.3 Å². The van der Waals surface area contributed by atoms with E-state index in [1.807, 2.05) is 19.1 Å². The van der Waals surface area contributed by atoms with Crippen LogP contribution in [0.15, 0.2) is 24.3 Å². The molecule has 1 aromatic rings. The maximum atomic E-state index is 11.5. The monoisotopic (exact) mass is 237 g/mol. The van der Waals surface area contributed by atoms with Crippen LogP contribution in [0.1, 0.15) is 29.3 Å². The summed E-state index contributed by atoms with van der Waals surface area (Å²) >= 11 is 0. The van der Waals surface area contributed by atoms with E-state index >= 15 is 0 Å². The number of carbonyl (C=O) groups is 1. The molecule has 0 spiro atoms. The number of rotatable bonds is 7. The molecule has 0 saturated heterocycles. The van der Waals surface area contributed by atoms with Gasteiger partial charge in [-0.25, -0.2) is 4.79 Å². The predicted octanol–water partition coefficient (Wildman–Crippen LogP) is 1.73. The van der Waals surface area contributed by atoms with Gasteiger partial charge >= 0.3 is 5.97 Å². The summed E-state index contributed by atoms with van der Waals surface area (Å²) in [5.74, 6) is -0.277. The molecule has 0 saturated carbocycles. The number of hydrogen-bond donors (Lipinski definition) is 1. The third-order valence-electron chi connectivity index (χ3n) is 2.16. The zero-order valence-corrected chi connectivity index (χ0v) is 10.1. The van der Waals surface area contributed by atoms with Gasteiger partial charge in [-0.05, 0) is 24.1 Å². The fraction of sp³-hybridized carbons (Fsp3) is 0.462. The molecule has 0 bridgehead atoms. The second kappa shape index (κ2) is 7.81. The molecule has 1 rings (SSSR count). The summed E-state index contributed by atoms with van der Waals surface area (Å²) in [5, 5.41) is 0. The van der Waals surface area contributed by atoms with E-state index in [9.17, 15) is 4.79 Å². The van der Waals surface area contributed by atoms with Gasteiger partial charge in [0.15, 0.2) is 0 Å². The second-order valence-corrected chi connectivity index (χ2v) is 3.67. The normalized spacial score (nSPS) is 10.2. The summed E-state index contributed by atoms with van der Waals surface area (Å²) < 4.78 is 10.3. The topological polar surface area (TPSA) is 61.5 Å². The lowest BCUT2D eigenvalue weighted by molar-refractivity contribution is 0.0505. The zero-order valence-electron chi connectivity index (χ0n) is 10.1. The van der Waals surface area contributed by atoms with Gasteiger partial charge in [0.1, 0.15) is 0 Å². The summed E-state index contributed by atoms with van der Waals surface area (Å²) in [6.45, 7) is 3.99. The first-order chi connectivity index (χ1) is 8.27.